The van der Waals surface area contributed by atoms with Crippen LogP contribution < -0.4 is 11.4 Å². The van der Waals surface area contributed by atoms with Gasteiger partial charge in [-0.15, -0.1) is 0 Å². The second-order valence-electron chi connectivity index (χ2n) is 1.68. The van der Waals surface area contributed by atoms with Gasteiger partial charge in [-0.05, 0) is 6.92 Å². The number of nitrogens with two attached hydrogens (primary N) is 1. The third-order valence-corrected chi connectivity index (χ3v) is 0.963. The highest BCUT2D eigenvalue weighted by Gasteiger charge is 1.92. The monoisotopic (exact) mass is 124 g/mol. The van der Waals surface area contributed by atoms with Gasteiger partial charge in [0.25, 0.3) is 0 Å². The van der Waals surface area contributed by atoms with E-state index in [4.69, 9.17) is 5.73 Å². The summed E-state index contributed by atoms with van der Waals surface area (Å²) >= 11 is 0. The quantitative estimate of drug-likeness (QED) is 0.488. The Morgan fingerprint density at radius 2 is 2.44 bits per heavy atom. The minimum atomic E-state index is -0.460. The maximum absolute atomic E-state index is 10.4. The van der Waals surface area contributed by atoms with E-state index in [2.05, 4.69) is 16.2 Å². The van der Waals surface area contributed by atoms with Crippen LogP contribution in [0.3, 0.4) is 0 Å². The number of nitrogens with one attached hydrogen (secondary N) is 1. The van der Waals surface area contributed by atoms with Crippen LogP contribution >= 0.6 is 0 Å². The first kappa shape index (κ1) is 5.81. The molecule has 0 aromatic carbocycles. The second-order valence-corrected chi connectivity index (χ2v) is 1.68. The highest BCUT2D eigenvalue weighted by Crippen LogP contribution is 1.96. The normalized spacial score (nSPS) is 9.44. The molecule has 0 atom stereocenters. The number of anilines is 1. The lowest BCUT2D eigenvalue weighted by Crippen LogP contribution is -2.12. The Labute approximate surface area is 51.7 Å². The molecule has 0 aliphatic carbocycles. The molecule has 0 saturated heterocycles. The van der Waals surface area contributed by atoms with E-state index in [0.717, 1.165) is 0 Å². The summed E-state index contributed by atoms with van der Waals surface area (Å²) in [6, 6.07) is 0. The van der Waals surface area contributed by atoms with E-state index < -0.39 is 5.69 Å². The maximum atomic E-state index is 10.4. The van der Waals surface area contributed by atoms with E-state index in [1.807, 2.05) is 0 Å². The van der Waals surface area contributed by atoms with Gasteiger partial charge in [-0.25, -0.2) is 4.79 Å². The Morgan fingerprint density at radius 1 is 1.78 bits per heavy atom. The van der Waals surface area contributed by atoms with Crippen LogP contribution in [0.2, 0.25) is 0 Å². The fourth-order valence-electron chi connectivity index (χ4n) is 0.432. The molecule has 1 aromatic heterocycles. The van der Waals surface area contributed by atoms with Crippen molar-refractivity contribution in [2.75, 3.05) is 5.73 Å². The molecule has 47 valence electrons. The van der Waals surface area contributed by atoms with Gasteiger partial charge in [-0.3, -0.25) is 0 Å². The van der Waals surface area contributed by atoms with E-state index in [0.29, 0.717) is 5.56 Å². The molecular formula is C5H6N3O. The van der Waals surface area contributed by atoms with Crippen LogP contribution in [0.25, 0.3) is 0 Å². The summed E-state index contributed by atoms with van der Waals surface area (Å²) in [5, 5.41) is 0. The van der Waals surface area contributed by atoms with E-state index in [1.54, 1.807) is 6.92 Å². The van der Waals surface area contributed by atoms with Crippen molar-refractivity contribution >= 4 is 5.82 Å². The molecule has 0 unspecified atom stereocenters. The minimum absolute atomic E-state index is 0.235. The van der Waals surface area contributed by atoms with Crippen LogP contribution in [0, 0.1) is 13.1 Å². The SMILES string of the molecule is Cc1[c][nH]c(=O)nc1N. The van der Waals surface area contributed by atoms with Gasteiger partial charge in [-0.1, -0.05) is 0 Å². The molecule has 0 aliphatic rings. The molecule has 1 heterocycles. The molecule has 4 heteroatoms. The fraction of sp³-hybridized carbons (Fsp3) is 0.200. The van der Waals surface area contributed by atoms with Crippen LogP contribution in [0.1, 0.15) is 5.56 Å². The molecule has 9 heavy (non-hydrogen) atoms. The third kappa shape index (κ3) is 1.07. The van der Waals surface area contributed by atoms with Gasteiger partial charge in [0.2, 0.25) is 0 Å². The van der Waals surface area contributed by atoms with Gasteiger partial charge >= 0.3 is 5.69 Å². The van der Waals surface area contributed by atoms with Crippen molar-refractivity contribution in [1.29, 1.82) is 0 Å². The lowest BCUT2D eigenvalue weighted by molar-refractivity contribution is 1.05. The molecule has 0 aliphatic heterocycles. The Kier molecular flexibility index (Phi) is 1.22. The average molecular weight is 124 g/mol. The number of nitrogens with zero attached hydrogens (tertiary/aromatic N) is 1. The van der Waals surface area contributed by atoms with Gasteiger partial charge in [0.15, 0.2) is 0 Å². The van der Waals surface area contributed by atoms with Crippen LogP contribution in [-0.2, 0) is 0 Å². The Balaban J connectivity index is 3.34. The van der Waals surface area contributed by atoms with Crippen molar-refractivity contribution in [3.63, 3.8) is 0 Å². The summed E-state index contributed by atoms with van der Waals surface area (Å²) in [5.74, 6) is 0.235. The van der Waals surface area contributed by atoms with Crippen molar-refractivity contribution in [2.45, 2.75) is 6.92 Å². The van der Waals surface area contributed by atoms with Gasteiger partial charge in [0.05, 0.1) is 6.20 Å². The number of hydrogen-bond acceptors (Lipinski definition) is 3. The zero-order chi connectivity index (χ0) is 6.85. The van der Waals surface area contributed by atoms with Crippen LogP contribution in [0.4, 0.5) is 5.82 Å². The maximum Gasteiger partial charge on any atom is 0.347 e. The predicted octanol–water partition coefficient (Wildman–Crippen LogP) is -0.539. The number of hydrogen-bond donors (Lipinski definition) is 2. The Hall–Kier alpha value is -1.32. The average Bonchev–Trinajstić information content (AvgIpc) is 1.80. The number of rotatable bonds is 0. The standard InChI is InChI=1S/C5H6N3O/c1-3-2-7-5(9)8-4(3)6/h1H3,(H3,6,7,8,9). The molecule has 0 amide bonds. The van der Waals surface area contributed by atoms with E-state index in [-0.39, 0.29) is 5.82 Å². The number of nitrogen functional groups attached to an aromatic ring is 1. The topological polar surface area (TPSA) is 71.8 Å². The lowest BCUT2D eigenvalue weighted by Gasteiger charge is -1.91. The molecular weight excluding hydrogens is 118 g/mol. The van der Waals surface area contributed by atoms with E-state index in [1.165, 1.54) is 0 Å². The molecule has 3 N–H and O–H groups in total. The smallest absolute Gasteiger partial charge is 0.347 e. The van der Waals surface area contributed by atoms with Crippen molar-refractivity contribution in [1.82, 2.24) is 9.97 Å². The summed E-state index contributed by atoms with van der Waals surface area (Å²) in [5.41, 5.74) is 5.46. The third-order valence-electron chi connectivity index (χ3n) is 0.963. The molecule has 0 spiro atoms. The largest absolute Gasteiger partial charge is 0.383 e. The second kappa shape index (κ2) is 1.89. The first-order valence-corrected chi connectivity index (χ1v) is 2.44. The molecule has 1 rings (SSSR count). The predicted molar refractivity (Wildman–Crippen MR) is 32.8 cm³/mol. The van der Waals surface area contributed by atoms with Crippen molar-refractivity contribution < 1.29 is 0 Å². The minimum Gasteiger partial charge on any atom is -0.383 e. The summed E-state index contributed by atoms with van der Waals surface area (Å²) in [6.07, 6.45) is 2.54. The summed E-state index contributed by atoms with van der Waals surface area (Å²) < 4.78 is 0. The molecule has 0 fully saturated rings. The molecule has 0 saturated carbocycles. The molecule has 4 nitrogen and oxygen atoms in total. The molecule has 1 aromatic rings. The van der Waals surface area contributed by atoms with Crippen molar-refractivity contribution in [3.05, 3.63) is 22.2 Å². The van der Waals surface area contributed by atoms with E-state index >= 15 is 0 Å². The fourth-order valence-corrected chi connectivity index (χ4v) is 0.432. The van der Waals surface area contributed by atoms with Gasteiger partial charge in [0.1, 0.15) is 5.82 Å². The van der Waals surface area contributed by atoms with Crippen LogP contribution in [0.5, 0.6) is 0 Å². The number of aryl methyl sites for hydroxylation is 1. The lowest BCUT2D eigenvalue weighted by atomic mass is 10.4. The number of H-pyrrole nitrogens is 1. The van der Waals surface area contributed by atoms with Gasteiger partial charge in [0, 0.05) is 5.56 Å². The Bertz CT molecular complexity index is 265. The van der Waals surface area contributed by atoms with Gasteiger partial charge in [-0.2, -0.15) is 4.98 Å². The summed E-state index contributed by atoms with van der Waals surface area (Å²) in [6.45, 7) is 1.72. The molecule has 1 radical (unpaired) electrons. The van der Waals surface area contributed by atoms with Gasteiger partial charge < -0.3 is 10.7 Å². The molecule has 0 bridgehead atoms. The summed E-state index contributed by atoms with van der Waals surface area (Å²) in [4.78, 5) is 16.0. The highest BCUT2D eigenvalue weighted by atomic mass is 16.1. The van der Waals surface area contributed by atoms with Crippen molar-refractivity contribution in [3.8, 4) is 0 Å². The number of aromatic nitrogens is 2. The van der Waals surface area contributed by atoms with E-state index in [9.17, 15) is 4.79 Å². The Morgan fingerprint density at radius 3 is 2.89 bits per heavy atom. The zero-order valence-corrected chi connectivity index (χ0v) is 4.93. The number of aromatic amines is 1. The van der Waals surface area contributed by atoms with Crippen molar-refractivity contribution in [2.24, 2.45) is 0 Å². The van der Waals surface area contributed by atoms with Crippen LogP contribution in [0.15, 0.2) is 4.79 Å². The highest BCUT2D eigenvalue weighted by molar-refractivity contribution is 5.33. The first-order valence-electron chi connectivity index (χ1n) is 2.44. The summed E-state index contributed by atoms with van der Waals surface area (Å²) in [7, 11) is 0. The zero-order valence-electron chi connectivity index (χ0n) is 4.93. The van der Waals surface area contributed by atoms with Crippen LogP contribution in [-0.4, -0.2) is 9.97 Å². The first-order chi connectivity index (χ1) is 4.20.